The molecule has 4 aliphatic rings. The molecule has 0 bridgehead atoms. The number of nitrogens with zero attached hydrogens (tertiary/aromatic N) is 8. The fraction of sp³-hybridized carbons (Fsp3) is 0.280. The van der Waals surface area contributed by atoms with Gasteiger partial charge in [0.2, 0.25) is 40.4 Å². The van der Waals surface area contributed by atoms with Gasteiger partial charge in [0.1, 0.15) is 11.4 Å². The lowest BCUT2D eigenvalue weighted by molar-refractivity contribution is -0.517. The first-order chi connectivity index (χ1) is 40.2. The Morgan fingerprint density at radius 3 is 1.50 bits per heavy atom. The van der Waals surface area contributed by atoms with E-state index in [1.807, 2.05) is 0 Å². The van der Waals surface area contributed by atoms with Crippen LogP contribution < -0.4 is 40.5 Å². The Bertz CT molecular complexity index is 3860. The quantitative estimate of drug-likeness (QED) is 0.0295. The van der Waals surface area contributed by atoms with E-state index in [2.05, 4.69) is 10.2 Å². The van der Waals surface area contributed by atoms with E-state index in [1.54, 1.807) is 0 Å². The summed E-state index contributed by atoms with van der Waals surface area (Å²) in [6.45, 7) is -1.92. The van der Waals surface area contributed by atoms with E-state index in [-0.39, 0.29) is 46.9 Å². The third kappa shape index (κ3) is 8.30. The molecule has 6 amide bonds. The summed E-state index contributed by atoms with van der Waals surface area (Å²) in [5, 5.41) is 197. The monoisotopic (exact) mass is 1200 g/mol. The molecule has 0 radical (unpaired) electrons. The molecule has 21 N–H and O–H groups in total. The van der Waals surface area contributed by atoms with E-state index in [1.165, 1.54) is 29.2 Å². The molecule has 2 fully saturated rings. The summed E-state index contributed by atoms with van der Waals surface area (Å²) < 4.78 is 15.4. The number of hydrogen-bond acceptors (Lipinski definition) is 28. The largest absolute Gasteiger partial charge is 0.503 e. The average molecular weight is 1200 g/mol. The first-order valence-corrected chi connectivity index (χ1v) is 24.9. The summed E-state index contributed by atoms with van der Waals surface area (Å²) in [5.74, 6) is -43.5. The number of anilines is 4. The topological polar surface area (TPSA) is 575 Å². The molecule has 36 nitrogen and oxygen atoms in total. The van der Waals surface area contributed by atoms with E-state index in [9.17, 15) is 116 Å². The molecule has 6 heterocycles. The van der Waals surface area contributed by atoms with Gasteiger partial charge in [0.15, 0.2) is 52.6 Å². The van der Waals surface area contributed by atoms with Crippen LogP contribution in [0.5, 0.6) is 57.5 Å². The second-order valence-corrected chi connectivity index (χ2v) is 19.8. The van der Waals surface area contributed by atoms with Crippen LogP contribution >= 0.6 is 0 Å². The third-order valence-corrected chi connectivity index (χ3v) is 14.8. The molecular formula is C50H48N10O26. The Morgan fingerprint density at radius 2 is 1.01 bits per heavy atom. The smallest absolute Gasteiger partial charge is 0.316 e. The van der Waals surface area contributed by atoms with E-state index >= 15 is 0 Å². The number of nitrogens with two attached hydrogens (primary N) is 2. The molecule has 86 heavy (non-hydrogen) atoms. The Labute approximate surface area is 477 Å². The van der Waals surface area contributed by atoms with Crippen molar-refractivity contribution in [1.29, 1.82) is 0 Å². The van der Waals surface area contributed by atoms with E-state index in [0.717, 1.165) is 36.3 Å². The van der Waals surface area contributed by atoms with Crippen LogP contribution in [0.3, 0.4) is 0 Å². The first kappa shape index (κ1) is 58.9. The van der Waals surface area contributed by atoms with Crippen LogP contribution in [0, 0.1) is 0 Å². The molecule has 6 aromatic rings. The third-order valence-electron chi connectivity index (χ3n) is 14.8. The fourth-order valence-corrected chi connectivity index (χ4v) is 10.5. The van der Waals surface area contributed by atoms with Crippen molar-refractivity contribution in [1.82, 2.24) is 19.6 Å². The Kier molecular flexibility index (Phi) is 13.7. The summed E-state index contributed by atoms with van der Waals surface area (Å²) in [4.78, 5) is 82.4. The number of amides is 6. The molecule has 1 atom stereocenters. The fourth-order valence-electron chi connectivity index (χ4n) is 10.5. The molecule has 36 heteroatoms. The molecule has 2 saturated heterocycles. The number of ether oxygens (including phenoxy) is 3. The molecule has 0 aliphatic carbocycles. The van der Waals surface area contributed by atoms with E-state index < -0.39 is 180 Å². The van der Waals surface area contributed by atoms with Gasteiger partial charge in [0, 0.05) is 53.4 Å². The number of piperidine rings is 2. The van der Waals surface area contributed by atoms with Gasteiger partial charge in [-0.05, 0) is 67.8 Å². The Balaban J connectivity index is 0.935. The average Bonchev–Trinajstić information content (AvgIpc) is 0.840. The van der Waals surface area contributed by atoms with Crippen LogP contribution in [0.2, 0.25) is 0 Å². The van der Waals surface area contributed by atoms with Crippen LogP contribution in [0.15, 0.2) is 48.5 Å². The van der Waals surface area contributed by atoms with Crippen molar-refractivity contribution < 1.29 is 130 Å². The van der Waals surface area contributed by atoms with Gasteiger partial charge < -0.3 is 122 Å². The molecule has 10 rings (SSSR count). The highest BCUT2D eigenvalue weighted by Crippen LogP contribution is 2.56. The van der Waals surface area contributed by atoms with Gasteiger partial charge in [-0.25, -0.2) is 9.36 Å². The van der Waals surface area contributed by atoms with Gasteiger partial charge in [-0.2, -0.15) is 10.2 Å². The molecule has 454 valence electrons. The minimum Gasteiger partial charge on any atom is -0.503 e. The molecule has 2 aromatic heterocycles. The zero-order valence-electron chi connectivity index (χ0n) is 43.8. The molecule has 4 aliphatic heterocycles. The predicted molar refractivity (Wildman–Crippen MR) is 277 cm³/mol. The highest BCUT2D eigenvalue weighted by atomic mass is 16.8. The first-order valence-electron chi connectivity index (χ1n) is 24.9. The van der Waals surface area contributed by atoms with Gasteiger partial charge in [-0.3, -0.25) is 38.6 Å². The maximum absolute atomic E-state index is 14.4. The number of rotatable bonds is 13. The van der Waals surface area contributed by atoms with E-state index in [4.69, 9.17) is 25.7 Å². The number of fused-ring (bicyclic) bond motifs is 2. The summed E-state index contributed by atoms with van der Waals surface area (Å²) >= 11 is 0. The van der Waals surface area contributed by atoms with Crippen molar-refractivity contribution in [2.24, 2.45) is 11.5 Å². The van der Waals surface area contributed by atoms with Gasteiger partial charge >= 0.3 is 17.5 Å². The van der Waals surface area contributed by atoms with Crippen molar-refractivity contribution in [3.8, 4) is 68.9 Å². The van der Waals surface area contributed by atoms with Crippen molar-refractivity contribution in [3.63, 3.8) is 0 Å². The summed E-state index contributed by atoms with van der Waals surface area (Å²) in [6.07, 6.45) is 0.315. The number of carbonyl (C=O) groups excluding carboxylic acids is 6. The van der Waals surface area contributed by atoms with Gasteiger partial charge in [0.25, 0.3) is 41.2 Å². The summed E-state index contributed by atoms with van der Waals surface area (Å²) in [5.41, 5.74) is 4.32. The molecule has 1 unspecified atom stereocenters. The maximum atomic E-state index is 14.4. The lowest BCUT2D eigenvalue weighted by Crippen LogP contribution is -2.89. The van der Waals surface area contributed by atoms with Crippen LogP contribution in [0.1, 0.15) is 72.3 Å². The molecule has 0 saturated carbocycles. The van der Waals surface area contributed by atoms with Crippen molar-refractivity contribution in [3.05, 3.63) is 82.4 Å². The Hall–Kier alpha value is -10.3. The predicted octanol–water partition coefficient (Wildman–Crippen LogP) is -4.44. The number of methoxy groups -OCH3 is 1. The number of aromatic hydroxyl groups is 8. The SMILES string of the molecule is COc1c(O)c(O)c(-n2nc(C(N)=O)c3c2C(=O)N(c2ccc(N4C(=O)C(O)(O)C(O)(O)C(O)(OCOc5c(O)c(O)c(-n6nc(C(N)=O)c7c6C(=O)N(c6ccc(N8CCCCC8=O)cc6)C(O)(O)C7)c(O)c5O)C4(O)O)cc2)CC3)c(O)c1O. The number of benzene rings is 4. The second-order valence-electron chi connectivity index (χ2n) is 19.8. The molecule has 4 aromatic carbocycles. The number of hydrogen-bond donors (Lipinski definition) is 19. The van der Waals surface area contributed by atoms with Crippen LogP contribution in [-0.2, 0) is 27.2 Å². The number of phenolic OH excluding ortho intramolecular Hbond substituents is 8. The van der Waals surface area contributed by atoms with Gasteiger partial charge in [-0.1, -0.05) is 0 Å². The summed E-state index contributed by atoms with van der Waals surface area (Å²) in [7, 11) is 0.961. The second kappa shape index (κ2) is 19.9. The number of phenols is 8. The number of carbonyl (C=O) groups is 6. The van der Waals surface area contributed by atoms with E-state index in [0.29, 0.717) is 34.7 Å². The van der Waals surface area contributed by atoms with Gasteiger partial charge in [0.05, 0.1) is 13.5 Å². The highest BCUT2D eigenvalue weighted by molar-refractivity contribution is 6.12. The zero-order valence-corrected chi connectivity index (χ0v) is 43.8. The zero-order chi connectivity index (χ0) is 63.0. The summed E-state index contributed by atoms with van der Waals surface area (Å²) in [6, 6.07) is 8.64. The molecular weight excluding hydrogens is 1160 g/mol. The lowest BCUT2D eigenvalue weighted by Gasteiger charge is -2.56. The minimum atomic E-state index is -4.95. The van der Waals surface area contributed by atoms with Crippen molar-refractivity contribution >= 4 is 58.2 Å². The Morgan fingerprint density at radius 1 is 0.558 bits per heavy atom. The molecule has 0 spiro atoms. The lowest BCUT2D eigenvalue weighted by atomic mass is 9.85. The number of aromatic nitrogens is 4. The van der Waals surface area contributed by atoms with Crippen LogP contribution in [0.25, 0.3) is 11.4 Å². The van der Waals surface area contributed by atoms with Crippen LogP contribution in [-0.4, -0.2) is 198 Å². The van der Waals surface area contributed by atoms with Crippen LogP contribution in [0.4, 0.5) is 22.7 Å². The standard InChI is InChI=1S/C50H48N10O26/c1-84-39-35(66)31(62)29(32(63)36(39)67)59-27-22(25(53-59)41(51)70)13-15-56(43(27)72)19-7-11-21(12-8-19)58-45(74)47(77,78)48(79,80)49(81,50(58,82)83)86-17-85-40-37(68)33(64)30(34(65)38(40)69)60-28-23(26(54-60)42(52)71)16-46(75,76)57(44(28)73)20-9-5-18(6-10-20)55-14-3-2-4-24(55)61/h5-12,62-69,75-83H,2-4,13-17H2,1H3,(H2,51,70)(H2,52,71). The number of aliphatic hydroxyl groups is 9. The van der Waals surface area contributed by atoms with Crippen molar-refractivity contribution in [2.45, 2.75) is 61.3 Å². The van der Waals surface area contributed by atoms with Crippen molar-refractivity contribution in [2.75, 3.05) is 46.6 Å². The number of primary amides is 2. The minimum absolute atomic E-state index is 0.152. The van der Waals surface area contributed by atoms with Gasteiger partial charge in [-0.15, -0.1) is 0 Å². The normalized spacial score (nSPS) is 19.6. The highest BCUT2D eigenvalue weighted by Gasteiger charge is 2.82. The maximum Gasteiger partial charge on any atom is 0.316 e.